The Morgan fingerprint density at radius 1 is 1.11 bits per heavy atom. The Kier molecular flexibility index (Phi) is 3.67. The van der Waals surface area contributed by atoms with Gasteiger partial charge in [-0.05, 0) is 30.3 Å². The molecular weight excluding hydrogens is 299 g/mol. The van der Waals surface area contributed by atoms with Crippen molar-refractivity contribution in [2.45, 2.75) is 0 Å². The van der Waals surface area contributed by atoms with Crippen molar-refractivity contribution in [1.82, 2.24) is 0 Å². The maximum Gasteiger partial charge on any atom is 0.194 e. The van der Waals surface area contributed by atoms with Crippen molar-refractivity contribution < 1.29 is 14.0 Å². The minimum atomic E-state index is -0.545. The number of carbonyl (C=O) groups excluding carboxylic acids is 2. The highest BCUT2D eigenvalue weighted by Crippen LogP contribution is 2.21. The number of carbonyl (C=O) groups is 2. The molecule has 0 bridgehead atoms. The highest BCUT2D eigenvalue weighted by molar-refractivity contribution is 9.10. The molecule has 18 heavy (non-hydrogen) atoms. The van der Waals surface area contributed by atoms with E-state index in [4.69, 9.17) is 0 Å². The first kappa shape index (κ1) is 12.6. The summed E-state index contributed by atoms with van der Waals surface area (Å²) < 4.78 is 13.8. The smallest absolute Gasteiger partial charge is 0.194 e. The summed E-state index contributed by atoms with van der Waals surface area (Å²) >= 11 is 3.26. The summed E-state index contributed by atoms with van der Waals surface area (Å²) in [4.78, 5) is 23.1. The van der Waals surface area contributed by atoms with E-state index in [-0.39, 0.29) is 16.9 Å². The molecule has 0 N–H and O–H groups in total. The third-order valence-electron chi connectivity index (χ3n) is 2.51. The van der Waals surface area contributed by atoms with Crippen LogP contribution in [0.5, 0.6) is 0 Å². The van der Waals surface area contributed by atoms with E-state index in [2.05, 4.69) is 15.9 Å². The zero-order valence-electron chi connectivity index (χ0n) is 9.19. The molecule has 0 saturated heterocycles. The number of halogens is 2. The number of aldehydes is 1. The first-order chi connectivity index (χ1) is 8.63. The predicted molar refractivity (Wildman–Crippen MR) is 69.4 cm³/mol. The molecule has 2 nitrogen and oxygen atoms in total. The van der Waals surface area contributed by atoms with E-state index in [0.717, 1.165) is 12.1 Å². The van der Waals surface area contributed by atoms with Gasteiger partial charge in [-0.2, -0.15) is 0 Å². The standard InChI is InChI=1S/C14H8BrFO2/c15-13-4-2-1-3-11(13)14(18)12-7-10(16)6-5-9(12)8-17/h1-8H. The molecule has 90 valence electrons. The van der Waals surface area contributed by atoms with E-state index in [0.29, 0.717) is 16.3 Å². The van der Waals surface area contributed by atoms with E-state index in [9.17, 15) is 14.0 Å². The molecule has 2 aromatic rings. The third-order valence-corrected chi connectivity index (χ3v) is 3.20. The van der Waals surface area contributed by atoms with Crippen molar-refractivity contribution in [3.63, 3.8) is 0 Å². The molecule has 0 aromatic heterocycles. The molecule has 0 aliphatic rings. The van der Waals surface area contributed by atoms with Crippen LogP contribution in [0.25, 0.3) is 0 Å². The lowest BCUT2D eigenvalue weighted by Gasteiger charge is -2.06. The number of hydrogen-bond acceptors (Lipinski definition) is 2. The zero-order chi connectivity index (χ0) is 13.1. The largest absolute Gasteiger partial charge is 0.298 e. The molecule has 0 amide bonds. The van der Waals surface area contributed by atoms with Gasteiger partial charge in [0.05, 0.1) is 0 Å². The van der Waals surface area contributed by atoms with E-state index in [1.54, 1.807) is 24.3 Å². The summed E-state index contributed by atoms with van der Waals surface area (Å²) in [6.45, 7) is 0. The van der Waals surface area contributed by atoms with Gasteiger partial charge in [0.15, 0.2) is 12.1 Å². The summed E-state index contributed by atoms with van der Waals surface area (Å²) in [6, 6.07) is 10.3. The topological polar surface area (TPSA) is 34.1 Å². The number of ketones is 1. The van der Waals surface area contributed by atoms with Crippen molar-refractivity contribution in [3.8, 4) is 0 Å². The minimum Gasteiger partial charge on any atom is -0.298 e. The average Bonchev–Trinajstić information content (AvgIpc) is 2.38. The predicted octanol–water partition coefficient (Wildman–Crippen LogP) is 3.63. The quantitative estimate of drug-likeness (QED) is 0.641. The van der Waals surface area contributed by atoms with Crippen LogP contribution in [0.2, 0.25) is 0 Å². The molecule has 0 atom stereocenters. The van der Waals surface area contributed by atoms with Crippen LogP contribution in [0, 0.1) is 5.82 Å². The maximum atomic E-state index is 13.2. The van der Waals surface area contributed by atoms with E-state index in [1.165, 1.54) is 6.07 Å². The van der Waals surface area contributed by atoms with E-state index in [1.807, 2.05) is 0 Å². The van der Waals surface area contributed by atoms with Gasteiger partial charge in [-0.3, -0.25) is 9.59 Å². The summed E-state index contributed by atoms with van der Waals surface area (Å²) in [5.41, 5.74) is 0.639. The Labute approximate surface area is 112 Å². The molecular formula is C14H8BrFO2. The van der Waals surface area contributed by atoms with Crippen molar-refractivity contribution in [1.29, 1.82) is 0 Å². The van der Waals surface area contributed by atoms with Crippen LogP contribution < -0.4 is 0 Å². The second-order valence-electron chi connectivity index (χ2n) is 3.66. The van der Waals surface area contributed by atoms with Crippen LogP contribution >= 0.6 is 15.9 Å². The summed E-state index contributed by atoms with van der Waals surface area (Å²) in [5.74, 6) is -0.930. The Morgan fingerprint density at radius 3 is 2.50 bits per heavy atom. The normalized spacial score (nSPS) is 10.1. The van der Waals surface area contributed by atoms with Gasteiger partial charge in [-0.1, -0.05) is 28.1 Å². The van der Waals surface area contributed by atoms with Crippen molar-refractivity contribution in [3.05, 3.63) is 69.4 Å². The van der Waals surface area contributed by atoms with Crippen LogP contribution in [0.1, 0.15) is 26.3 Å². The fourth-order valence-corrected chi connectivity index (χ4v) is 2.08. The molecule has 0 aliphatic heterocycles. The van der Waals surface area contributed by atoms with E-state index >= 15 is 0 Å². The molecule has 0 aliphatic carbocycles. The maximum absolute atomic E-state index is 13.2. The summed E-state index contributed by atoms with van der Waals surface area (Å²) in [5, 5.41) is 0. The van der Waals surface area contributed by atoms with Crippen LogP contribution in [-0.2, 0) is 0 Å². The molecule has 0 spiro atoms. The lowest BCUT2D eigenvalue weighted by atomic mass is 9.99. The monoisotopic (exact) mass is 306 g/mol. The highest BCUT2D eigenvalue weighted by atomic mass is 79.9. The molecule has 0 radical (unpaired) electrons. The van der Waals surface area contributed by atoms with Gasteiger partial charge in [0.2, 0.25) is 0 Å². The third kappa shape index (κ3) is 2.38. The zero-order valence-corrected chi connectivity index (χ0v) is 10.8. The highest BCUT2D eigenvalue weighted by Gasteiger charge is 2.16. The summed E-state index contributed by atoms with van der Waals surface area (Å²) in [6.07, 6.45) is 0.545. The number of rotatable bonds is 3. The fourth-order valence-electron chi connectivity index (χ4n) is 1.62. The Bertz CT molecular complexity index is 623. The van der Waals surface area contributed by atoms with Crippen molar-refractivity contribution in [2.75, 3.05) is 0 Å². The molecule has 0 heterocycles. The van der Waals surface area contributed by atoms with Gasteiger partial charge in [-0.15, -0.1) is 0 Å². The lowest BCUT2D eigenvalue weighted by Crippen LogP contribution is -2.06. The van der Waals surface area contributed by atoms with E-state index < -0.39 is 5.82 Å². The molecule has 4 heteroatoms. The van der Waals surface area contributed by atoms with Crippen LogP contribution in [0.15, 0.2) is 46.9 Å². The first-order valence-corrected chi connectivity index (χ1v) is 5.96. The van der Waals surface area contributed by atoms with Gasteiger partial charge in [0, 0.05) is 21.2 Å². The molecule has 0 saturated carbocycles. The molecule has 0 unspecified atom stereocenters. The average molecular weight is 307 g/mol. The molecule has 2 rings (SSSR count). The Balaban J connectivity index is 2.56. The van der Waals surface area contributed by atoms with Gasteiger partial charge in [0.1, 0.15) is 5.82 Å². The van der Waals surface area contributed by atoms with Crippen molar-refractivity contribution in [2.24, 2.45) is 0 Å². The van der Waals surface area contributed by atoms with Gasteiger partial charge >= 0.3 is 0 Å². The fraction of sp³-hybridized carbons (Fsp3) is 0. The van der Waals surface area contributed by atoms with Crippen molar-refractivity contribution >= 4 is 28.0 Å². The van der Waals surface area contributed by atoms with Crippen LogP contribution in [-0.4, -0.2) is 12.1 Å². The first-order valence-electron chi connectivity index (χ1n) is 5.17. The lowest BCUT2D eigenvalue weighted by molar-refractivity contribution is 0.102. The Hall–Kier alpha value is -1.81. The van der Waals surface area contributed by atoms with Gasteiger partial charge in [-0.25, -0.2) is 4.39 Å². The number of benzene rings is 2. The summed E-state index contributed by atoms with van der Waals surface area (Å²) in [7, 11) is 0. The SMILES string of the molecule is O=Cc1ccc(F)cc1C(=O)c1ccccc1Br. The molecule has 2 aromatic carbocycles. The molecule has 0 fully saturated rings. The Morgan fingerprint density at radius 2 is 1.83 bits per heavy atom. The van der Waals surface area contributed by atoms with Crippen LogP contribution in [0.4, 0.5) is 4.39 Å². The number of hydrogen-bond donors (Lipinski definition) is 0. The second kappa shape index (κ2) is 5.23. The van der Waals surface area contributed by atoms with Gasteiger partial charge < -0.3 is 0 Å². The van der Waals surface area contributed by atoms with Crippen LogP contribution in [0.3, 0.4) is 0 Å². The second-order valence-corrected chi connectivity index (χ2v) is 4.51. The minimum absolute atomic E-state index is 0.0666. The van der Waals surface area contributed by atoms with Gasteiger partial charge in [0.25, 0.3) is 0 Å².